The summed E-state index contributed by atoms with van der Waals surface area (Å²) >= 11 is 0. The minimum absolute atomic E-state index is 0. The van der Waals surface area contributed by atoms with Gasteiger partial charge in [0.05, 0.1) is 0 Å². The molecule has 1 aromatic rings. The highest BCUT2D eigenvalue weighted by Crippen LogP contribution is 1.95. The number of nitro groups is 1. The van der Waals surface area contributed by atoms with Gasteiger partial charge in [0.2, 0.25) is 0 Å². The molecule has 0 fully saturated rings. The highest BCUT2D eigenvalue weighted by molar-refractivity contribution is 5.86. The summed E-state index contributed by atoms with van der Waals surface area (Å²) in [5.41, 5.74) is 0. The normalized spacial score (nSPS) is 6.15. The fraction of sp³-hybridized carbons (Fsp3) is 0. The Labute approximate surface area is 99.1 Å². The lowest BCUT2D eigenvalue weighted by Crippen LogP contribution is -1.92. The Hall–Kier alpha value is -0.360. The van der Waals surface area contributed by atoms with E-state index in [0.29, 0.717) is 0 Å². The van der Waals surface area contributed by atoms with Crippen LogP contribution < -0.4 is 0 Å². The molecule has 0 spiro atoms. The second kappa shape index (κ2) is 11.6. The highest BCUT2D eigenvalue weighted by atomic mass is 35.5. The molecule has 1 aromatic heterocycles. The van der Waals surface area contributed by atoms with Gasteiger partial charge in [-0.1, -0.05) is 9.97 Å². The van der Waals surface area contributed by atoms with E-state index in [0.717, 1.165) is 0 Å². The Kier molecular flexibility index (Phi) is 20.5. The lowest BCUT2D eigenvalue weighted by Gasteiger charge is -1.86. The quantitative estimate of drug-likeness (QED) is 0.579. The lowest BCUT2D eigenvalue weighted by molar-refractivity contribution is -0.394. The van der Waals surface area contributed by atoms with Crippen LogP contribution in [0, 0.1) is 10.1 Å². The molecule has 0 aliphatic rings. The molecular weight excluding hydrogens is 264 g/mol. The maximum atomic E-state index is 9.88. The van der Waals surface area contributed by atoms with Crippen molar-refractivity contribution in [1.29, 1.82) is 0 Å². The lowest BCUT2D eigenvalue weighted by atomic mass is 10.7. The molecule has 78 valence electrons. The van der Waals surface area contributed by atoms with Crippen LogP contribution in [0.25, 0.3) is 0 Å². The monoisotopic (exact) mass is 269 g/mol. The largest absolute Gasteiger partial charge is 0.468 e. The third-order valence-electron chi connectivity index (χ3n) is 0.715. The van der Waals surface area contributed by atoms with Crippen molar-refractivity contribution in [2.24, 2.45) is 0 Å². The van der Waals surface area contributed by atoms with Gasteiger partial charge in [0.15, 0.2) is 0 Å². The zero-order chi connectivity index (χ0) is 6.69. The molecule has 1 heterocycles. The maximum absolute atomic E-state index is 9.88. The van der Waals surface area contributed by atoms with Gasteiger partial charge in [0, 0.05) is 6.07 Å². The molecule has 0 aliphatic carbocycles. The van der Waals surface area contributed by atoms with E-state index < -0.39 is 4.92 Å². The molecule has 0 saturated carbocycles. The molecular formula is C4H7Cl4N3O2. The van der Waals surface area contributed by atoms with Crippen molar-refractivity contribution in [3.63, 3.8) is 0 Å². The summed E-state index contributed by atoms with van der Waals surface area (Å²) in [5.74, 6) is -0.363. The molecule has 0 aliphatic heterocycles. The van der Waals surface area contributed by atoms with E-state index >= 15 is 0 Å². The van der Waals surface area contributed by atoms with Crippen molar-refractivity contribution >= 4 is 55.6 Å². The first-order valence-corrected chi connectivity index (χ1v) is 2.22. The molecule has 0 unspecified atom stereocenters. The average molecular weight is 271 g/mol. The number of hydrogen-bond acceptors (Lipinski definition) is 4. The minimum Gasteiger partial charge on any atom is -0.390 e. The first-order valence-electron chi connectivity index (χ1n) is 2.22. The predicted octanol–water partition coefficient (Wildman–Crippen LogP) is 2.07. The van der Waals surface area contributed by atoms with Gasteiger partial charge < -0.3 is 10.1 Å². The second-order valence-corrected chi connectivity index (χ2v) is 1.31. The van der Waals surface area contributed by atoms with Crippen LogP contribution in [0.4, 0.5) is 5.95 Å². The first-order chi connectivity index (χ1) is 4.30. The number of aromatic nitrogens is 2. The van der Waals surface area contributed by atoms with Crippen LogP contribution >= 0.6 is 49.6 Å². The van der Waals surface area contributed by atoms with Crippen LogP contribution in [0.1, 0.15) is 0 Å². The number of nitrogens with zero attached hydrogens (tertiary/aromatic N) is 3. The van der Waals surface area contributed by atoms with E-state index in [4.69, 9.17) is 0 Å². The summed E-state index contributed by atoms with van der Waals surface area (Å²) in [5, 5.41) is 9.88. The van der Waals surface area contributed by atoms with Gasteiger partial charge in [-0.3, -0.25) is 0 Å². The summed E-state index contributed by atoms with van der Waals surface area (Å²) in [7, 11) is 0. The van der Waals surface area contributed by atoms with E-state index in [1.807, 2.05) is 0 Å². The Morgan fingerprint density at radius 1 is 1.08 bits per heavy atom. The van der Waals surface area contributed by atoms with Gasteiger partial charge in [-0.25, -0.2) is 0 Å². The van der Waals surface area contributed by atoms with E-state index in [9.17, 15) is 10.1 Å². The van der Waals surface area contributed by atoms with E-state index in [1.165, 1.54) is 18.5 Å². The average Bonchev–Trinajstić information content (AvgIpc) is 1.90. The van der Waals surface area contributed by atoms with Crippen LogP contribution in [-0.2, 0) is 0 Å². The van der Waals surface area contributed by atoms with Gasteiger partial charge in [-0.05, 0) is 4.92 Å². The van der Waals surface area contributed by atoms with Crippen LogP contribution in [0.3, 0.4) is 0 Å². The zero-order valence-electron chi connectivity index (χ0n) is 6.02. The highest BCUT2D eigenvalue weighted by Gasteiger charge is 2.02. The van der Waals surface area contributed by atoms with Crippen LogP contribution in [0.15, 0.2) is 18.5 Å². The minimum atomic E-state index is -0.639. The van der Waals surface area contributed by atoms with Crippen molar-refractivity contribution < 1.29 is 4.92 Å². The summed E-state index contributed by atoms with van der Waals surface area (Å²) in [4.78, 5) is 16.0. The number of rotatable bonds is 1. The molecule has 0 saturated heterocycles. The predicted molar refractivity (Wildman–Crippen MR) is 57.7 cm³/mol. The number of hydrogen-bond donors (Lipinski definition) is 0. The molecule has 0 amide bonds. The summed E-state index contributed by atoms with van der Waals surface area (Å²) in [6.07, 6.45) is 2.65. The molecule has 0 radical (unpaired) electrons. The van der Waals surface area contributed by atoms with E-state index in [2.05, 4.69) is 9.97 Å². The second-order valence-electron chi connectivity index (χ2n) is 1.31. The van der Waals surface area contributed by atoms with Crippen molar-refractivity contribution in [2.45, 2.75) is 0 Å². The molecule has 0 bridgehead atoms. The molecule has 13 heavy (non-hydrogen) atoms. The molecule has 1 rings (SSSR count). The van der Waals surface area contributed by atoms with Gasteiger partial charge in [0.1, 0.15) is 12.4 Å². The van der Waals surface area contributed by atoms with Gasteiger partial charge in [0.25, 0.3) is 0 Å². The SMILES string of the molecule is Cl.Cl.Cl.Cl.O=[N+]([O-])c1ncccn1. The smallest absolute Gasteiger partial charge is 0.390 e. The fourth-order valence-electron chi connectivity index (χ4n) is 0.386. The Bertz CT molecular complexity index is 222. The standard InChI is InChI=1S/C4H3N3O2.4ClH/c8-7(9)4-5-2-1-3-6-4;;;;/h1-3H;4*1H. The Morgan fingerprint density at radius 3 is 1.69 bits per heavy atom. The first kappa shape index (κ1) is 22.9. The Balaban J connectivity index is -0.000000101. The van der Waals surface area contributed by atoms with Crippen LogP contribution in [0.5, 0.6) is 0 Å². The van der Waals surface area contributed by atoms with Crippen molar-refractivity contribution in [1.82, 2.24) is 9.97 Å². The zero-order valence-corrected chi connectivity index (χ0v) is 9.29. The van der Waals surface area contributed by atoms with Gasteiger partial charge in [-0.2, -0.15) is 0 Å². The molecule has 5 nitrogen and oxygen atoms in total. The fourth-order valence-corrected chi connectivity index (χ4v) is 0.386. The Morgan fingerprint density at radius 2 is 1.46 bits per heavy atom. The van der Waals surface area contributed by atoms with Gasteiger partial charge >= 0.3 is 5.95 Å². The third-order valence-corrected chi connectivity index (χ3v) is 0.715. The molecule has 0 aromatic carbocycles. The van der Waals surface area contributed by atoms with Crippen molar-refractivity contribution in [3.05, 3.63) is 28.6 Å². The summed E-state index contributed by atoms with van der Waals surface area (Å²) in [6.45, 7) is 0. The molecule has 0 atom stereocenters. The van der Waals surface area contributed by atoms with E-state index in [-0.39, 0.29) is 55.6 Å². The summed E-state index contributed by atoms with van der Waals surface area (Å²) < 4.78 is 0. The third kappa shape index (κ3) is 7.98. The molecule has 0 N–H and O–H groups in total. The van der Waals surface area contributed by atoms with Crippen molar-refractivity contribution in [2.75, 3.05) is 0 Å². The van der Waals surface area contributed by atoms with Gasteiger partial charge in [-0.15, -0.1) is 49.6 Å². The maximum Gasteiger partial charge on any atom is 0.468 e. The number of halogens is 4. The summed E-state index contributed by atoms with van der Waals surface area (Å²) in [6, 6.07) is 1.52. The topological polar surface area (TPSA) is 68.9 Å². The van der Waals surface area contributed by atoms with Crippen molar-refractivity contribution in [3.8, 4) is 0 Å². The van der Waals surface area contributed by atoms with Crippen LogP contribution in [-0.4, -0.2) is 14.9 Å². The van der Waals surface area contributed by atoms with Crippen LogP contribution in [0.2, 0.25) is 0 Å². The molecule has 9 heteroatoms. The van der Waals surface area contributed by atoms with E-state index in [1.54, 1.807) is 0 Å².